The van der Waals surface area contributed by atoms with Crippen LogP contribution < -0.4 is 0 Å². The molecule has 4 rings (SSSR count). The minimum atomic E-state index is 0.833. The maximum absolute atomic E-state index is 5.90. The Morgan fingerprint density at radius 2 is 1.05 bits per heavy atom. The van der Waals surface area contributed by atoms with Crippen molar-refractivity contribution in [2.75, 3.05) is 0 Å². The van der Waals surface area contributed by atoms with E-state index >= 15 is 0 Å². The number of hydrogen-bond donors (Lipinski definition) is 0. The second-order valence-corrected chi connectivity index (χ2v) is 11.7. The molecule has 0 unspecified atom stereocenters. The number of hydrogen-bond acceptors (Lipinski definition) is 3. The fourth-order valence-electron chi connectivity index (χ4n) is 4.54. The van der Waals surface area contributed by atoms with Crippen LogP contribution >= 0.6 is 34.7 Å². The van der Waals surface area contributed by atoms with Gasteiger partial charge < -0.3 is 0 Å². The third-order valence-electron chi connectivity index (χ3n) is 6.80. The van der Waals surface area contributed by atoms with Crippen LogP contribution in [0.4, 0.5) is 0 Å². The molecule has 0 atom stereocenters. The molecule has 4 aromatic rings. The molecule has 0 saturated carbocycles. The maximum atomic E-state index is 5.90. The molecule has 0 nitrogen and oxygen atoms in total. The monoisotopic (exact) mass is 558 g/mol. The molecular formula is C34H41BS3. The minimum absolute atomic E-state index is 0.833. The Labute approximate surface area is 246 Å². The van der Waals surface area contributed by atoms with Crippen LogP contribution in [0.2, 0.25) is 0 Å². The molecule has 2 heterocycles. The quantitative estimate of drug-likeness (QED) is 0.0842. The van der Waals surface area contributed by atoms with E-state index in [-0.39, 0.29) is 0 Å². The van der Waals surface area contributed by atoms with E-state index in [0.717, 1.165) is 6.69 Å². The Morgan fingerprint density at radius 3 is 1.42 bits per heavy atom. The zero-order valence-corrected chi connectivity index (χ0v) is 25.4. The number of unbranched alkanes of at least 4 members (excludes halogenated alkanes) is 6. The molecule has 0 aliphatic heterocycles. The van der Waals surface area contributed by atoms with E-state index in [4.69, 9.17) is 1.34 Å². The summed E-state index contributed by atoms with van der Waals surface area (Å²) < 4.78 is 5.90. The van der Waals surface area contributed by atoms with Crippen LogP contribution in [0.15, 0.2) is 71.4 Å². The summed E-state index contributed by atoms with van der Waals surface area (Å²) in [5, 5.41) is 4.67. The van der Waals surface area contributed by atoms with Crippen molar-refractivity contribution >= 4 is 53.6 Å². The Bertz CT molecular complexity index is 1160. The number of benzene rings is 2. The number of rotatable bonds is 14. The fraction of sp³-hybridized carbons (Fsp3) is 0.353. The third-order valence-corrected chi connectivity index (χ3v) is 8.86. The van der Waals surface area contributed by atoms with E-state index in [9.17, 15) is 0 Å². The zero-order chi connectivity index (χ0) is 27.7. The van der Waals surface area contributed by atoms with Gasteiger partial charge in [-0.15, -0.1) is 22.7 Å². The standard InChI is InChI=1S/C34H40S2.BHS/c1-3-5-7-9-11-29-23-33(35-25-29)31-19-15-27(16-20-31)13-14-28-17-21-32(22-18-28)34-24-30(26-36-34)12-10-8-6-4-2;1-2/h13-26H,3-12H2,1-2H3;1H/b14-13+;/i;1T. The summed E-state index contributed by atoms with van der Waals surface area (Å²) in [4.78, 5) is 2.76. The first-order chi connectivity index (χ1) is 19.2. The molecule has 4 heteroatoms. The van der Waals surface area contributed by atoms with Crippen molar-refractivity contribution in [2.45, 2.75) is 78.1 Å². The predicted octanol–water partition coefficient (Wildman–Crippen LogP) is 11.6. The summed E-state index contributed by atoms with van der Waals surface area (Å²) in [6, 6.07) is 22.7. The molecule has 0 N–H and O–H groups in total. The van der Waals surface area contributed by atoms with Gasteiger partial charge in [0, 0.05) is 9.75 Å². The van der Waals surface area contributed by atoms with Gasteiger partial charge in [0.25, 0.3) is 0 Å². The molecule has 2 aromatic heterocycles. The van der Waals surface area contributed by atoms with Crippen molar-refractivity contribution in [1.29, 1.82) is 1.34 Å². The van der Waals surface area contributed by atoms with Crippen LogP contribution in [-0.4, -0.2) is 8.02 Å². The van der Waals surface area contributed by atoms with Gasteiger partial charge in [-0.2, -0.15) is 0 Å². The first-order valence-corrected chi connectivity index (χ1v) is 16.3. The van der Waals surface area contributed by atoms with E-state index in [0.29, 0.717) is 0 Å². The Hall–Kier alpha value is -2.14. The van der Waals surface area contributed by atoms with Crippen molar-refractivity contribution in [3.8, 4) is 20.9 Å². The first-order valence-electron chi connectivity index (χ1n) is 14.6. The number of thiophene rings is 2. The Morgan fingerprint density at radius 1 is 0.658 bits per heavy atom. The summed E-state index contributed by atoms with van der Waals surface area (Å²) in [5.74, 6) is 0. The second kappa shape index (κ2) is 17.5. The van der Waals surface area contributed by atoms with Crippen molar-refractivity contribution in [3.63, 3.8) is 0 Å². The van der Waals surface area contributed by atoms with Gasteiger partial charge in [0.05, 0.1) is 0 Å². The van der Waals surface area contributed by atoms with Crippen LogP contribution in [0.25, 0.3) is 33.0 Å². The number of aryl methyl sites for hydroxylation is 2. The molecule has 198 valence electrons. The molecule has 0 aliphatic rings. The Kier molecular flexibility index (Phi) is 13.3. The topological polar surface area (TPSA) is 0 Å². The molecule has 38 heavy (non-hydrogen) atoms. The summed E-state index contributed by atoms with van der Waals surface area (Å²) in [7, 11) is 0. The van der Waals surface area contributed by atoms with Crippen LogP contribution in [0.3, 0.4) is 0 Å². The SMILES string of the molecule is CCCCCCc1csc(-c2ccc(/C=C/c3ccc(-c4cc(CCCCCC)cs4)cc3)cc2)c1.[3H]B=S. The third kappa shape index (κ3) is 9.87. The summed E-state index contributed by atoms with van der Waals surface area (Å²) in [5.41, 5.74) is 8.10. The van der Waals surface area contributed by atoms with Gasteiger partial charge in [-0.1, -0.05) is 113 Å². The fourth-order valence-corrected chi connectivity index (χ4v) is 6.45. The van der Waals surface area contributed by atoms with Gasteiger partial charge in [-0.25, -0.2) is 0 Å². The predicted molar refractivity (Wildman–Crippen MR) is 179 cm³/mol. The second-order valence-electron chi connectivity index (χ2n) is 9.84. The molecule has 2 aromatic carbocycles. The van der Waals surface area contributed by atoms with E-state index in [1.165, 1.54) is 107 Å². The van der Waals surface area contributed by atoms with Gasteiger partial charge in [-0.3, -0.25) is 0 Å². The molecule has 0 fully saturated rings. The molecule has 0 spiro atoms. The van der Waals surface area contributed by atoms with Crippen molar-refractivity contribution in [1.82, 2.24) is 0 Å². The average molecular weight is 559 g/mol. The van der Waals surface area contributed by atoms with Crippen molar-refractivity contribution in [3.05, 3.63) is 93.7 Å². The molecular weight excluding hydrogens is 515 g/mol. The normalized spacial score (nSPS) is 11.2. The van der Waals surface area contributed by atoms with Gasteiger partial charge in [0.15, 0.2) is 0 Å². The van der Waals surface area contributed by atoms with Crippen LogP contribution in [0.1, 0.15) is 87.5 Å². The Balaban J connectivity index is 0.00000134. The van der Waals surface area contributed by atoms with Crippen molar-refractivity contribution in [2.24, 2.45) is 0 Å². The molecule has 0 radical (unpaired) electrons. The van der Waals surface area contributed by atoms with Crippen LogP contribution in [0.5, 0.6) is 0 Å². The van der Waals surface area contributed by atoms with E-state index in [2.05, 4.69) is 109 Å². The van der Waals surface area contributed by atoms with E-state index < -0.39 is 0 Å². The molecule has 0 aliphatic carbocycles. The summed E-state index contributed by atoms with van der Waals surface area (Å²) in [6.07, 6.45) is 17.5. The molecule has 0 bridgehead atoms. The molecule has 0 amide bonds. The van der Waals surface area contributed by atoms with Gasteiger partial charge in [0.2, 0.25) is 0 Å². The zero-order valence-electron chi connectivity index (χ0n) is 24.0. The van der Waals surface area contributed by atoms with Crippen LogP contribution in [-0.2, 0) is 12.8 Å². The van der Waals surface area contributed by atoms with E-state index in [1.807, 2.05) is 22.7 Å². The van der Waals surface area contributed by atoms with Crippen molar-refractivity contribution < 1.29 is 0 Å². The average Bonchev–Trinajstić information content (AvgIpc) is 3.64. The summed E-state index contributed by atoms with van der Waals surface area (Å²) >= 11 is 7.68. The van der Waals surface area contributed by atoms with Crippen LogP contribution in [0, 0.1) is 0 Å². The van der Waals surface area contributed by atoms with E-state index in [1.54, 1.807) is 0 Å². The van der Waals surface area contributed by atoms with Gasteiger partial charge >= 0.3 is 20.1 Å². The molecule has 0 saturated heterocycles. The van der Waals surface area contributed by atoms with Gasteiger partial charge in [-0.05, 0) is 82.0 Å². The van der Waals surface area contributed by atoms with Gasteiger partial charge in [0.1, 0.15) is 0 Å². The first kappa shape index (κ1) is 28.9. The summed E-state index contributed by atoms with van der Waals surface area (Å²) in [6.45, 7) is 5.38.